The van der Waals surface area contributed by atoms with E-state index in [2.05, 4.69) is 82.4 Å². The number of hydrogen-bond acceptors (Lipinski definition) is 2. The Morgan fingerprint density at radius 3 is 2.22 bits per heavy atom. The zero-order valence-electron chi connectivity index (χ0n) is 16.6. The van der Waals surface area contributed by atoms with Gasteiger partial charge in [-0.05, 0) is 61.4 Å². The van der Waals surface area contributed by atoms with Gasteiger partial charge in [-0.2, -0.15) is 5.26 Å². The van der Waals surface area contributed by atoms with Crippen molar-refractivity contribution in [2.24, 2.45) is 0 Å². The smallest absolute Gasteiger partial charge is 0.0587 e. The Balaban J connectivity index is 0.000000817. The summed E-state index contributed by atoms with van der Waals surface area (Å²) in [6.45, 7) is 7.13. The molecule has 2 nitrogen and oxygen atoms in total. The molecule has 3 rings (SSSR count). The molecule has 0 N–H and O–H groups in total. The molecule has 27 heavy (non-hydrogen) atoms. The van der Waals surface area contributed by atoms with Gasteiger partial charge in [-0.25, -0.2) is 0 Å². The summed E-state index contributed by atoms with van der Waals surface area (Å²) in [7, 11) is 0. The molecule has 2 atom stereocenters. The Hall–Kier alpha value is -1.63. The molecule has 2 aromatic carbocycles. The molecule has 1 fully saturated rings. The maximum Gasteiger partial charge on any atom is 0.0587 e. The summed E-state index contributed by atoms with van der Waals surface area (Å²) in [5, 5.41) is 7.32. The molecule has 1 saturated carbocycles. The number of nitriles is 1. The van der Waals surface area contributed by atoms with Crippen molar-refractivity contribution < 1.29 is 0 Å². The van der Waals surface area contributed by atoms with E-state index in [0.717, 1.165) is 12.5 Å². The SMILES string of the molecule is CC#N.CCCN(CCCc1ccc(C2CC2Br)cc1)Cc1ccccc1. The lowest BCUT2D eigenvalue weighted by molar-refractivity contribution is 0.262. The Morgan fingerprint density at radius 2 is 1.67 bits per heavy atom. The van der Waals surface area contributed by atoms with Crippen LogP contribution in [0.2, 0.25) is 0 Å². The first-order valence-corrected chi connectivity index (χ1v) is 10.9. The van der Waals surface area contributed by atoms with Gasteiger partial charge in [0.15, 0.2) is 0 Å². The largest absolute Gasteiger partial charge is 0.299 e. The molecule has 1 aliphatic carbocycles. The van der Waals surface area contributed by atoms with Crippen LogP contribution < -0.4 is 0 Å². The van der Waals surface area contributed by atoms with Crippen molar-refractivity contribution in [3.8, 4) is 6.07 Å². The Bertz CT molecular complexity index is 691. The number of aryl methyl sites for hydroxylation is 1. The maximum atomic E-state index is 7.32. The molecule has 0 saturated heterocycles. The number of alkyl halides is 1. The van der Waals surface area contributed by atoms with E-state index in [4.69, 9.17) is 5.26 Å². The summed E-state index contributed by atoms with van der Waals surface area (Å²) in [6.07, 6.45) is 4.93. The number of hydrogen-bond donors (Lipinski definition) is 0. The van der Waals surface area contributed by atoms with E-state index in [1.807, 2.05) is 0 Å². The molecule has 2 unspecified atom stereocenters. The summed E-state index contributed by atoms with van der Waals surface area (Å²) in [4.78, 5) is 3.30. The van der Waals surface area contributed by atoms with Crippen molar-refractivity contribution in [2.75, 3.05) is 13.1 Å². The first-order valence-electron chi connectivity index (χ1n) is 9.98. The van der Waals surface area contributed by atoms with Crippen LogP contribution >= 0.6 is 15.9 Å². The zero-order valence-corrected chi connectivity index (χ0v) is 18.2. The van der Waals surface area contributed by atoms with Gasteiger partial charge in [-0.3, -0.25) is 4.90 Å². The van der Waals surface area contributed by atoms with Crippen molar-refractivity contribution in [3.05, 3.63) is 71.3 Å². The molecule has 0 bridgehead atoms. The third-order valence-corrected chi connectivity index (χ3v) is 5.86. The van der Waals surface area contributed by atoms with Crippen LogP contribution in [0.3, 0.4) is 0 Å². The fraction of sp³-hybridized carbons (Fsp3) is 0.458. The van der Waals surface area contributed by atoms with Crippen LogP contribution in [-0.2, 0) is 13.0 Å². The number of benzene rings is 2. The number of halogens is 1. The average Bonchev–Trinajstić information content (AvgIpc) is 3.41. The number of nitrogens with zero attached hydrogens (tertiary/aromatic N) is 2. The second kappa shape index (κ2) is 12.0. The summed E-state index contributed by atoms with van der Waals surface area (Å²) >= 11 is 3.70. The predicted octanol–water partition coefficient (Wildman–Crippen LogP) is 6.31. The Morgan fingerprint density at radius 1 is 1.04 bits per heavy atom. The minimum atomic E-state index is 0.712. The normalized spacial score (nSPS) is 17.7. The van der Waals surface area contributed by atoms with Crippen LogP contribution in [0.5, 0.6) is 0 Å². The highest BCUT2D eigenvalue weighted by Gasteiger charge is 2.35. The topological polar surface area (TPSA) is 27.0 Å². The van der Waals surface area contributed by atoms with Gasteiger partial charge in [0.1, 0.15) is 0 Å². The fourth-order valence-corrected chi connectivity index (χ4v) is 4.08. The van der Waals surface area contributed by atoms with E-state index in [9.17, 15) is 0 Å². The summed E-state index contributed by atoms with van der Waals surface area (Å²) in [6, 6.07) is 21.9. The molecule has 0 aromatic heterocycles. The van der Waals surface area contributed by atoms with Crippen LogP contribution in [0.15, 0.2) is 54.6 Å². The van der Waals surface area contributed by atoms with Crippen LogP contribution in [0.1, 0.15) is 55.7 Å². The highest BCUT2D eigenvalue weighted by Crippen LogP contribution is 2.46. The molecule has 0 heterocycles. The molecule has 0 amide bonds. The second-order valence-corrected chi connectivity index (χ2v) is 8.36. The zero-order chi connectivity index (χ0) is 19.5. The fourth-order valence-electron chi connectivity index (χ4n) is 3.37. The van der Waals surface area contributed by atoms with Crippen molar-refractivity contribution in [1.82, 2.24) is 4.90 Å². The third-order valence-electron chi connectivity index (χ3n) is 4.85. The molecular weight excluding hydrogens is 396 g/mol. The van der Waals surface area contributed by atoms with Crippen LogP contribution in [0.25, 0.3) is 0 Å². The van der Waals surface area contributed by atoms with Gasteiger partial charge in [0.25, 0.3) is 0 Å². The van der Waals surface area contributed by atoms with Gasteiger partial charge in [0.05, 0.1) is 6.07 Å². The molecule has 0 radical (unpaired) electrons. The molecule has 1 aliphatic rings. The number of rotatable bonds is 9. The lowest BCUT2D eigenvalue weighted by Gasteiger charge is -2.21. The molecule has 0 spiro atoms. The first-order chi connectivity index (χ1) is 13.2. The van der Waals surface area contributed by atoms with E-state index >= 15 is 0 Å². The van der Waals surface area contributed by atoms with Gasteiger partial charge in [-0.15, -0.1) is 0 Å². The predicted molar refractivity (Wildman–Crippen MR) is 118 cm³/mol. The monoisotopic (exact) mass is 426 g/mol. The lowest BCUT2D eigenvalue weighted by atomic mass is 10.0. The maximum absolute atomic E-state index is 7.32. The summed E-state index contributed by atoms with van der Waals surface area (Å²) in [5.41, 5.74) is 4.39. The molecule has 3 heteroatoms. The van der Waals surface area contributed by atoms with E-state index < -0.39 is 0 Å². The van der Waals surface area contributed by atoms with Crippen molar-refractivity contribution >= 4 is 15.9 Å². The van der Waals surface area contributed by atoms with Crippen molar-refractivity contribution in [3.63, 3.8) is 0 Å². The van der Waals surface area contributed by atoms with Gasteiger partial charge < -0.3 is 0 Å². The average molecular weight is 427 g/mol. The summed E-state index contributed by atoms with van der Waals surface area (Å²) in [5.74, 6) is 0.755. The van der Waals surface area contributed by atoms with E-state index in [1.165, 1.54) is 62.4 Å². The quantitative estimate of drug-likeness (QED) is 0.439. The van der Waals surface area contributed by atoms with Crippen molar-refractivity contribution in [1.29, 1.82) is 5.26 Å². The highest BCUT2D eigenvalue weighted by atomic mass is 79.9. The van der Waals surface area contributed by atoms with E-state index in [1.54, 1.807) is 6.07 Å². The molecule has 144 valence electrons. The van der Waals surface area contributed by atoms with Gasteiger partial charge in [0, 0.05) is 18.3 Å². The van der Waals surface area contributed by atoms with E-state index in [0.29, 0.717) is 4.83 Å². The molecule has 0 aliphatic heterocycles. The van der Waals surface area contributed by atoms with Crippen LogP contribution in [0, 0.1) is 11.3 Å². The summed E-state index contributed by atoms with van der Waals surface area (Å²) < 4.78 is 0. The second-order valence-electron chi connectivity index (χ2n) is 7.19. The van der Waals surface area contributed by atoms with Crippen LogP contribution in [-0.4, -0.2) is 22.8 Å². The first kappa shape index (κ1) is 21.7. The van der Waals surface area contributed by atoms with Gasteiger partial charge >= 0.3 is 0 Å². The van der Waals surface area contributed by atoms with Gasteiger partial charge in [0.2, 0.25) is 0 Å². The van der Waals surface area contributed by atoms with E-state index in [-0.39, 0.29) is 0 Å². The van der Waals surface area contributed by atoms with Gasteiger partial charge in [-0.1, -0.05) is 77.5 Å². The Labute approximate surface area is 173 Å². The van der Waals surface area contributed by atoms with Crippen LogP contribution in [0.4, 0.5) is 0 Å². The van der Waals surface area contributed by atoms with Crippen molar-refractivity contribution in [2.45, 2.75) is 56.8 Å². The minimum Gasteiger partial charge on any atom is -0.299 e. The lowest BCUT2D eigenvalue weighted by Crippen LogP contribution is -2.25. The Kier molecular flexibility index (Phi) is 9.59. The molecule has 2 aromatic rings. The third kappa shape index (κ3) is 7.87. The standard InChI is InChI=1S/C22H28BrN.C2H3N/c1-2-14-24(17-19-7-4-3-5-8-19)15-6-9-18-10-12-20(13-11-18)21-16-22(21)23;1-2-3/h3-5,7-8,10-13,21-22H,2,6,9,14-17H2,1H3;1H3. The molecular formula is C24H31BrN2. The minimum absolute atomic E-state index is 0.712. The highest BCUT2D eigenvalue weighted by molar-refractivity contribution is 9.09.